The first-order valence-corrected chi connectivity index (χ1v) is 10.8. The Balaban J connectivity index is 1.18. The topological polar surface area (TPSA) is 18.5 Å². The highest BCUT2D eigenvalue weighted by Gasteiger charge is 2.31. The molecular weight excluding hydrogens is 327 g/mol. The lowest BCUT2D eigenvalue weighted by molar-refractivity contribution is -0.0514. The third kappa shape index (κ3) is 4.67. The lowest BCUT2D eigenvalue weighted by Gasteiger charge is -2.38. The van der Waals surface area contributed by atoms with Crippen molar-refractivity contribution in [3.05, 3.63) is 35.6 Å². The lowest BCUT2D eigenvalue weighted by Crippen LogP contribution is -2.25. The maximum absolute atomic E-state index is 13.1. The molecule has 0 spiro atoms. The van der Waals surface area contributed by atoms with Gasteiger partial charge in [0, 0.05) is 0 Å². The number of benzene rings is 1. The molecule has 0 N–H and O–H groups in total. The summed E-state index contributed by atoms with van der Waals surface area (Å²) in [6.45, 7) is 1.55. The van der Waals surface area contributed by atoms with E-state index in [9.17, 15) is 4.39 Å². The van der Waals surface area contributed by atoms with Gasteiger partial charge in [-0.1, -0.05) is 25.0 Å². The summed E-state index contributed by atoms with van der Waals surface area (Å²) in [5.41, 5.74) is 1.34. The van der Waals surface area contributed by atoms with Gasteiger partial charge in [0.25, 0.3) is 0 Å². The average Bonchev–Trinajstić information content (AvgIpc) is 3.21. The molecule has 1 aliphatic heterocycles. The van der Waals surface area contributed by atoms with Gasteiger partial charge in [0.2, 0.25) is 0 Å². The number of rotatable bonds is 5. The van der Waals surface area contributed by atoms with Crippen LogP contribution in [0.4, 0.5) is 4.39 Å². The Kier molecular flexibility index (Phi) is 6.27. The predicted molar refractivity (Wildman–Crippen MR) is 101 cm³/mol. The van der Waals surface area contributed by atoms with Crippen LogP contribution >= 0.6 is 0 Å². The zero-order chi connectivity index (χ0) is 17.8. The summed E-state index contributed by atoms with van der Waals surface area (Å²) >= 11 is 0. The van der Waals surface area contributed by atoms with Gasteiger partial charge in [-0.15, -0.1) is 0 Å². The van der Waals surface area contributed by atoms with Crippen molar-refractivity contribution in [1.29, 1.82) is 0 Å². The molecule has 0 atom stereocenters. The van der Waals surface area contributed by atoms with Crippen molar-refractivity contribution in [2.45, 2.75) is 76.4 Å². The molecule has 0 radical (unpaired) electrons. The Hall–Kier alpha value is -0.930. The third-order valence-corrected chi connectivity index (χ3v) is 7.17. The molecule has 1 heterocycles. The van der Waals surface area contributed by atoms with E-state index in [-0.39, 0.29) is 12.1 Å². The summed E-state index contributed by atoms with van der Waals surface area (Å²) in [5, 5.41) is 0. The van der Waals surface area contributed by atoms with Gasteiger partial charge in [-0.05, 0) is 92.7 Å². The van der Waals surface area contributed by atoms with Crippen molar-refractivity contribution in [2.75, 3.05) is 13.2 Å². The van der Waals surface area contributed by atoms with Gasteiger partial charge in [0.15, 0.2) is 6.29 Å². The zero-order valence-corrected chi connectivity index (χ0v) is 15.9. The predicted octanol–water partition coefficient (Wildman–Crippen LogP) is 6.06. The van der Waals surface area contributed by atoms with Gasteiger partial charge in [0.1, 0.15) is 5.82 Å². The second-order valence-electron chi connectivity index (χ2n) is 8.69. The van der Waals surface area contributed by atoms with Crippen LogP contribution in [0.1, 0.15) is 75.7 Å². The van der Waals surface area contributed by atoms with Crippen LogP contribution in [0, 0.1) is 23.6 Å². The molecule has 0 amide bonds. The van der Waals surface area contributed by atoms with E-state index < -0.39 is 0 Å². The Morgan fingerprint density at radius 3 is 1.92 bits per heavy atom. The van der Waals surface area contributed by atoms with Crippen molar-refractivity contribution in [2.24, 2.45) is 17.8 Å². The molecular formula is C23H33FO2. The molecule has 1 saturated heterocycles. The third-order valence-electron chi connectivity index (χ3n) is 7.17. The number of hydrogen-bond donors (Lipinski definition) is 0. The van der Waals surface area contributed by atoms with Crippen molar-refractivity contribution >= 4 is 0 Å². The highest BCUT2D eigenvalue weighted by molar-refractivity contribution is 5.20. The number of hydrogen-bond acceptors (Lipinski definition) is 2. The van der Waals surface area contributed by atoms with E-state index in [1.54, 1.807) is 12.1 Å². The van der Waals surface area contributed by atoms with Crippen LogP contribution in [-0.4, -0.2) is 19.5 Å². The van der Waals surface area contributed by atoms with Crippen LogP contribution in [-0.2, 0) is 9.47 Å². The van der Waals surface area contributed by atoms with Gasteiger partial charge in [-0.3, -0.25) is 0 Å². The van der Waals surface area contributed by atoms with Crippen LogP contribution in [0.25, 0.3) is 0 Å². The van der Waals surface area contributed by atoms with E-state index in [0.29, 0.717) is 5.92 Å². The fourth-order valence-electron chi connectivity index (χ4n) is 5.55. The minimum Gasteiger partial charge on any atom is -0.350 e. The molecule has 2 saturated carbocycles. The Bertz CT molecular complexity index is 536. The largest absolute Gasteiger partial charge is 0.350 e. The fraction of sp³-hybridized carbons (Fsp3) is 0.739. The van der Waals surface area contributed by atoms with E-state index in [4.69, 9.17) is 9.47 Å². The molecule has 0 unspecified atom stereocenters. The summed E-state index contributed by atoms with van der Waals surface area (Å²) < 4.78 is 24.3. The van der Waals surface area contributed by atoms with Crippen LogP contribution in [0.15, 0.2) is 24.3 Å². The summed E-state index contributed by atoms with van der Waals surface area (Å²) in [6, 6.07) is 7.21. The Morgan fingerprint density at radius 1 is 0.731 bits per heavy atom. The SMILES string of the molecule is Fc1ccc([C@H]2CC[C@H]([C@H]3CC[C@H](CCC4OCCO4)CC3)CC2)cc1. The van der Waals surface area contributed by atoms with Crippen molar-refractivity contribution in [3.63, 3.8) is 0 Å². The molecule has 1 aromatic carbocycles. The van der Waals surface area contributed by atoms with Crippen molar-refractivity contribution in [1.82, 2.24) is 0 Å². The van der Waals surface area contributed by atoms with Gasteiger partial charge in [-0.25, -0.2) is 4.39 Å². The fourth-order valence-corrected chi connectivity index (χ4v) is 5.55. The van der Waals surface area contributed by atoms with E-state index >= 15 is 0 Å². The summed E-state index contributed by atoms with van der Waals surface area (Å²) in [5.74, 6) is 3.28. The molecule has 144 valence electrons. The molecule has 3 aliphatic rings. The van der Waals surface area contributed by atoms with Gasteiger partial charge >= 0.3 is 0 Å². The van der Waals surface area contributed by atoms with E-state index in [0.717, 1.165) is 37.4 Å². The molecule has 0 aromatic heterocycles. The van der Waals surface area contributed by atoms with E-state index in [2.05, 4.69) is 0 Å². The van der Waals surface area contributed by atoms with Crippen LogP contribution < -0.4 is 0 Å². The standard InChI is InChI=1S/C23H33FO2/c24-22-12-10-21(11-13-22)20-8-6-19(7-9-20)18-4-1-17(2-5-18)3-14-23-25-15-16-26-23/h10-13,17-20,23H,1-9,14-16H2/t17-,18-,19-,20-. The highest BCUT2D eigenvalue weighted by Crippen LogP contribution is 2.44. The van der Waals surface area contributed by atoms with Gasteiger partial charge in [0.05, 0.1) is 13.2 Å². The van der Waals surface area contributed by atoms with Crippen molar-refractivity contribution in [3.8, 4) is 0 Å². The molecule has 3 fully saturated rings. The monoisotopic (exact) mass is 360 g/mol. The smallest absolute Gasteiger partial charge is 0.157 e. The molecule has 26 heavy (non-hydrogen) atoms. The summed E-state index contributed by atoms with van der Waals surface area (Å²) in [4.78, 5) is 0. The normalized spacial score (nSPS) is 33.4. The maximum atomic E-state index is 13.1. The molecule has 2 aliphatic carbocycles. The molecule has 3 heteroatoms. The van der Waals surface area contributed by atoms with Crippen molar-refractivity contribution < 1.29 is 13.9 Å². The first kappa shape index (κ1) is 18.4. The Morgan fingerprint density at radius 2 is 1.31 bits per heavy atom. The van der Waals surface area contributed by atoms with Crippen LogP contribution in [0.3, 0.4) is 0 Å². The molecule has 2 nitrogen and oxygen atoms in total. The van der Waals surface area contributed by atoms with Gasteiger partial charge < -0.3 is 9.47 Å². The van der Waals surface area contributed by atoms with Gasteiger partial charge in [-0.2, -0.15) is 0 Å². The lowest BCUT2D eigenvalue weighted by atomic mass is 9.68. The Labute approximate surface area is 157 Å². The second-order valence-corrected chi connectivity index (χ2v) is 8.69. The van der Waals surface area contributed by atoms with E-state index in [1.165, 1.54) is 63.4 Å². The minimum atomic E-state index is -0.120. The maximum Gasteiger partial charge on any atom is 0.157 e. The molecule has 1 aromatic rings. The van der Waals surface area contributed by atoms with Crippen LogP contribution in [0.5, 0.6) is 0 Å². The summed E-state index contributed by atoms with van der Waals surface area (Å²) in [7, 11) is 0. The zero-order valence-electron chi connectivity index (χ0n) is 15.9. The first-order chi connectivity index (χ1) is 12.8. The highest BCUT2D eigenvalue weighted by atomic mass is 19.1. The minimum absolute atomic E-state index is 0.0782. The number of ether oxygens (including phenoxy) is 2. The average molecular weight is 361 g/mol. The molecule has 4 rings (SSSR count). The quantitative estimate of drug-likeness (QED) is 0.635. The van der Waals surface area contributed by atoms with E-state index in [1.807, 2.05) is 12.1 Å². The first-order valence-electron chi connectivity index (χ1n) is 10.8. The van der Waals surface area contributed by atoms with Crippen LogP contribution in [0.2, 0.25) is 0 Å². The summed E-state index contributed by atoms with van der Waals surface area (Å²) in [6.07, 6.45) is 13.4. The molecule has 0 bridgehead atoms. The number of halogens is 1. The second kappa shape index (κ2) is 8.84.